The Labute approximate surface area is 89.1 Å². The first kappa shape index (κ1) is 11.7. The minimum Gasteiger partial charge on any atom is -0.259 e. The van der Waals surface area contributed by atoms with E-state index in [0.717, 1.165) is 25.7 Å². The highest BCUT2D eigenvalue weighted by Crippen LogP contribution is 2.33. The molecule has 1 aliphatic carbocycles. The van der Waals surface area contributed by atoms with E-state index >= 15 is 0 Å². The molecule has 0 aromatic carbocycles. The van der Waals surface area contributed by atoms with E-state index in [1.807, 2.05) is 6.92 Å². The summed E-state index contributed by atoms with van der Waals surface area (Å²) in [5, 5.41) is 9.12. The van der Waals surface area contributed by atoms with Crippen LogP contribution in [0.3, 0.4) is 0 Å². The van der Waals surface area contributed by atoms with Crippen LogP contribution in [0.15, 0.2) is 0 Å². The SMILES string of the molecule is CCC1CCC(C#N)C(S(=O)CC)C1. The van der Waals surface area contributed by atoms with Crippen LogP contribution in [0, 0.1) is 23.2 Å². The van der Waals surface area contributed by atoms with Crippen LogP contribution < -0.4 is 0 Å². The highest BCUT2D eigenvalue weighted by molar-refractivity contribution is 7.85. The zero-order valence-corrected chi connectivity index (χ0v) is 9.85. The van der Waals surface area contributed by atoms with Crippen molar-refractivity contribution in [3.05, 3.63) is 0 Å². The minimum atomic E-state index is -0.788. The molecule has 0 N–H and O–H groups in total. The van der Waals surface area contributed by atoms with Gasteiger partial charge in [-0.05, 0) is 25.2 Å². The Bertz CT molecular complexity index is 246. The van der Waals surface area contributed by atoms with Crippen LogP contribution in [0.25, 0.3) is 0 Å². The molecule has 3 heteroatoms. The number of hydrogen-bond acceptors (Lipinski definition) is 2. The Morgan fingerprint density at radius 1 is 1.43 bits per heavy atom. The molecule has 0 aromatic heterocycles. The minimum absolute atomic E-state index is 0.0404. The second kappa shape index (κ2) is 5.50. The molecule has 0 aliphatic heterocycles. The lowest BCUT2D eigenvalue weighted by Gasteiger charge is -2.31. The van der Waals surface area contributed by atoms with Crippen LogP contribution in [0.1, 0.15) is 39.5 Å². The third-order valence-electron chi connectivity index (χ3n) is 3.27. The first-order chi connectivity index (χ1) is 6.72. The standard InChI is InChI=1S/C11H19NOS/c1-3-9-5-6-10(8-12)11(7-9)14(13)4-2/h9-11H,3-7H2,1-2H3. The molecule has 0 bridgehead atoms. The van der Waals surface area contributed by atoms with E-state index in [9.17, 15) is 4.21 Å². The molecule has 1 rings (SSSR count). The van der Waals surface area contributed by atoms with E-state index in [2.05, 4.69) is 13.0 Å². The van der Waals surface area contributed by atoms with Crippen molar-refractivity contribution in [2.45, 2.75) is 44.8 Å². The van der Waals surface area contributed by atoms with Crippen molar-refractivity contribution in [1.29, 1.82) is 5.26 Å². The third-order valence-corrected chi connectivity index (χ3v) is 5.03. The average molecular weight is 213 g/mol. The van der Waals surface area contributed by atoms with Gasteiger partial charge < -0.3 is 0 Å². The van der Waals surface area contributed by atoms with E-state index in [4.69, 9.17) is 5.26 Å². The molecular formula is C11H19NOS. The molecule has 0 amide bonds. The molecule has 1 fully saturated rings. The summed E-state index contributed by atoms with van der Waals surface area (Å²) in [7, 11) is -0.788. The quantitative estimate of drug-likeness (QED) is 0.722. The van der Waals surface area contributed by atoms with Crippen molar-refractivity contribution in [3.63, 3.8) is 0 Å². The highest BCUT2D eigenvalue weighted by Gasteiger charge is 2.32. The Morgan fingerprint density at radius 2 is 2.14 bits per heavy atom. The first-order valence-corrected chi connectivity index (χ1v) is 6.87. The molecule has 0 saturated heterocycles. The molecular weight excluding hydrogens is 194 g/mol. The number of rotatable bonds is 3. The van der Waals surface area contributed by atoms with E-state index in [1.54, 1.807) is 0 Å². The molecule has 0 aromatic rings. The monoisotopic (exact) mass is 213 g/mol. The van der Waals surface area contributed by atoms with Gasteiger partial charge in [0.25, 0.3) is 0 Å². The highest BCUT2D eigenvalue weighted by atomic mass is 32.2. The van der Waals surface area contributed by atoms with E-state index in [-0.39, 0.29) is 11.2 Å². The van der Waals surface area contributed by atoms with Crippen molar-refractivity contribution in [2.24, 2.45) is 11.8 Å². The van der Waals surface area contributed by atoms with E-state index in [1.165, 1.54) is 0 Å². The Balaban J connectivity index is 2.66. The second-order valence-electron chi connectivity index (χ2n) is 4.03. The van der Waals surface area contributed by atoms with E-state index < -0.39 is 10.8 Å². The van der Waals surface area contributed by atoms with Crippen molar-refractivity contribution < 1.29 is 4.21 Å². The Morgan fingerprint density at radius 3 is 2.64 bits per heavy atom. The second-order valence-corrected chi connectivity index (χ2v) is 5.98. The lowest BCUT2D eigenvalue weighted by atomic mass is 9.81. The van der Waals surface area contributed by atoms with Gasteiger partial charge in [-0.3, -0.25) is 4.21 Å². The van der Waals surface area contributed by atoms with Gasteiger partial charge in [0.05, 0.1) is 17.2 Å². The summed E-state index contributed by atoms with van der Waals surface area (Å²) in [5.74, 6) is 1.43. The lowest BCUT2D eigenvalue weighted by molar-refractivity contribution is 0.313. The molecule has 0 spiro atoms. The van der Waals surface area contributed by atoms with Crippen molar-refractivity contribution in [1.82, 2.24) is 0 Å². The van der Waals surface area contributed by atoms with Gasteiger partial charge in [-0.25, -0.2) is 0 Å². The topological polar surface area (TPSA) is 40.9 Å². The number of nitriles is 1. The summed E-state index contributed by atoms with van der Waals surface area (Å²) in [6.45, 7) is 4.13. The smallest absolute Gasteiger partial charge is 0.0668 e. The van der Waals surface area contributed by atoms with Gasteiger partial charge in [-0.1, -0.05) is 20.3 Å². The zero-order valence-electron chi connectivity index (χ0n) is 9.03. The first-order valence-electron chi connectivity index (χ1n) is 5.49. The normalized spacial score (nSPS) is 34.8. The van der Waals surface area contributed by atoms with Crippen molar-refractivity contribution in [2.75, 3.05) is 5.75 Å². The fourth-order valence-electron chi connectivity index (χ4n) is 2.23. The van der Waals surface area contributed by atoms with Crippen molar-refractivity contribution in [3.8, 4) is 6.07 Å². The Kier molecular flexibility index (Phi) is 4.60. The Hall–Kier alpha value is -0.360. The summed E-state index contributed by atoms with van der Waals surface area (Å²) in [5.41, 5.74) is 0. The maximum atomic E-state index is 11.8. The van der Waals surface area contributed by atoms with Crippen LogP contribution in [0.5, 0.6) is 0 Å². The maximum absolute atomic E-state index is 11.8. The van der Waals surface area contributed by atoms with Crippen LogP contribution in [-0.2, 0) is 10.8 Å². The van der Waals surface area contributed by atoms with Gasteiger partial charge in [-0.15, -0.1) is 0 Å². The summed E-state index contributed by atoms with van der Waals surface area (Å²) in [4.78, 5) is 0. The van der Waals surface area contributed by atoms with Crippen molar-refractivity contribution >= 4 is 10.8 Å². The number of hydrogen-bond donors (Lipinski definition) is 0. The summed E-state index contributed by atoms with van der Waals surface area (Å²) >= 11 is 0. The molecule has 1 aliphatic rings. The van der Waals surface area contributed by atoms with Gasteiger partial charge in [0.15, 0.2) is 0 Å². The predicted octanol–water partition coefficient (Wildman–Crippen LogP) is 2.47. The molecule has 1 saturated carbocycles. The molecule has 4 atom stereocenters. The van der Waals surface area contributed by atoms with E-state index in [0.29, 0.717) is 11.7 Å². The van der Waals surface area contributed by atoms with Crippen LogP contribution in [0.2, 0.25) is 0 Å². The molecule has 80 valence electrons. The molecule has 14 heavy (non-hydrogen) atoms. The lowest BCUT2D eigenvalue weighted by Crippen LogP contribution is -2.32. The van der Waals surface area contributed by atoms with Gasteiger partial charge in [0.1, 0.15) is 0 Å². The molecule has 2 nitrogen and oxygen atoms in total. The van der Waals surface area contributed by atoms with Gasteiger partial charge in [0, 0.05) is 16.6 Å². The molecule has 0 radical (unpaired) electrons. The predicted molar refractivity (Wildman–Crippen MR) is 59.2 cm³/mol. The third kappa shape index (κ3) is 2.57. The fraction of sp³-hybridized carbons (Fsp3) is 0.909. The summed E-state index contributed by atoms with van der Waals surface area (Å²) in [6.07, 6.45) is 4.25. The van der Waals surface area contributed by atoms with Gasteiger partial charge >= 0.3 is 0 Å². The average Bonchev–Trinajstić information content (AvgIpc) is 2.27. The van der Waals surface area contributed by atoms with Crippen LogP contribution >= 0.6 is 0 Å². The molecule has 4 unspecified atom stereocenters. The van der Waals surface area contributed by atoms with Crippen LogP contribution in [0.4, 0.5) is 0 Å². The maximum Gasteiger partial charge on any atom is 0.0668 e. The number of nitrogens with zero attached hydrogens (tertiary/aromatic N) is 1. The van der Waals surface area contributed by atoms with Gasteiger partial charge in [-0.2, -0.15) is 5.26 Å². The summed E-state index contributed by atoms with van der Waals surface area (Å²) in [6, 6.07) is 2.32. The van der Waals surface area contributed by atoms with Crippen LogP contribution in [-0.4, -0.2) is 15.2 Å². The zero-order chi connectivity index (χ0) is 10.6. The molecule has 0 heterocycles. The summed E-state index contributed by atoms with van der Waals surface area (Å²) < 4.78 is 11.8. The fourth-order valence-corrected chi connectivity index (χ4v) is 3.71. The largest absolute Gasteiger partial charge is 0.259 e. The van der Waals surface area contributed by atoms with Gasteiger partial charge in [0.2, 0.25) is 0 Å².